The number of aryl methyl sites for hydroxylation is 1. The van der Waals surface area contributed by atoms with Crippen LogP contribution in [0.4, 0.5) is 0 Å². The molecule has 0 N–H and O–H groups in total. The number of thiophene rings is 1. The summed E-state index contributed by atoms with van der Waals surface area (Å²) in [6, 6.07) is 30.7. The second kappa shape index (κ2) is 5.45. The van der Waals surface area contributed by atoms with Crippen LogP contribution < -0.4 is 0 Å². The Morgan fingerprint density at radius 2 is 1.30 bits per heavy atom. The number of rotatable bonds is 1. The van der Waals surface area contributed by atoms with Gasteiger partial charge in [0.15, 0.2) is 0 Å². The molecular formula is C25H17NS. The second-order valence-electron chi connectivity index (χ2n) is 7.08. The van der Waals surface area contributed by atoms with Gasteiger partial charge in [-0.1, -0.05) is 66.7 Å². The van der Waals surface area contributed by atoms with Crippen molar-refractivity contribution < 1.29 is 0 Å². The molecule has 0 bridgehead atoms. The van der Waals surface area contributed by atoms with Crippen molar-refractivity contribution in [3.63, 3.8) is 0 Å². The van der Waals surface area contributed by atoms with Gasteiger partial charge in [-0.2, -0.15) is 0 Å². The van der Waals surface area contributed by atoms with Gasteiger partial charge in [0.05, 0.1) is 15.7 Å². The highest BCUT2D eigenvalue weighted by Gasteiger charge is 2.17. The number of para-hydroxylation sites is 2. The van der Waals surface area contributed by atoms with Crippen LogP contribution in [0.25, 0.3) is 47.7 Å². The van der Waals surface area contributed by atoms with Gasteiger partial charge in [-0.05, 0) is 30.7 Å². The number of aromatic nitrogens is 1. The van der Waals surface area contributed by atoms with Crippen LogP contribution in [0.1, 0.15) is 5.56 Å². The maximum atomic E-state index is 2.43. The van der Waals surface area contributed by atoms with E-state index in [1.165, 1.54) is 53.2 Å². The van der Waals surface area contributed by atoms with E-state index in [1.54, 1.807) is 0 Å². The van der Waals surface area contributed by atoms with Crippen LogP contribution in [0.5, 0.6) is 0 Å². The molecule has 27 heavy (non-hydrogen) atoms. The molecule has 0 atom stereocenters. The molecule has 0 saturated heterocycles. The molecule has 0 saturated carbocycles. The summed E-state index contributed by atoms with van der Waals surface area (Å²) in [7, 11) is 0. The third-order valence-electron chi connectivity index (χ3n) is 5.51. The summed E-state index contributed by atoms with van der Waals surface area (Å²) in [4.78, 5) is 0. The van der Waals surface area contributed by atoms with Crippen molar-refractivity contribution in [3.8, 4) is 5.69 Å². The molecular weight excluding hydrogens is 346 g/mol. The molecule has 0 fully saturated rings. The highest BCUT2D eigenvalue weighted by molar-refractivity contribution is 7.26. The summed E-state index contributed by atoms with van der Waals surface area (Å²) in [5.74, 6) is 0. The summed E-state index contributed by atoms with van der Waals surface area (Å²) < 4.78 is 5.19. The summed E-state index contributed by atoms with van der Waals surface area (Å²) in [6.45, 7) is 2.21. The van der Waals surface area contributed by atoms with Crippen LogP contribution >= 0.6 is 11.3 Å². The van der Waals surface area contributed by atoms with Gasteiger partial charge in [0, 0.05) is 31.9 Å². The molecule has 0 unspecified atom stereocenters. The number of fused-ring (bicyclic) bond motifs is 7. The number of hydrogen-bond acceptors (Lipinski definition) is 1. The molecule has 1 nitrogen and oxygen atoms in total. The summed E-state index contributed by atoms with van der Waals surface area (Å²) >= 11 is 1.92. The quantitative estimate of drug-likeness (QED) is 0.286. The summed E-state index contributed by atoms with van der Waals surface area (Å²) in [5.41, 5.74) is 5.15. The van der Waals surface area contributed by atoms with Crippen molar-refractivity contribution in [2.24, 2.45) is 0 Å². The largest absolute Gasteiger partial charge is 0.308 e. The summed E-state index contributed by atoms with van der Waals surface area (Å²) in [6.07, 6.45) is 0. The Labute approximate surface area is 161 Å². The molecule has 2 heteroatoms. The molecule has 0 aliphatic rings. The van der Waals surface area contributed by atoms with Gasteiger partial charge in [-0.15, -0.1) is 11.3 Å². The van der Waals surface area contributed by atoms with Gasteiger partial charge in [0.25, 0.3) is 0 Å². The number of benzene rings is 4. The topological polar surface area (TPSA) is 4.93 Å². The van der Waals surface area contributed by atoms with Crippen molar-refractivity contribution in [2.75, 3.05) is 0 Å². The van der Waals surface area contributed by atoms with Gasteiger partial charge < -0.3 is 4.57 Å². The van der Waals surface area contributed by atoms with E-state index in [1.807, 2.05) is 11.3 Å². The van der Waals surface area contributed by atoms with Crippen molar-refractivity contribution in [2.45, 2.75) is 6.92 Å². The summed E-state index contributed by atoms with van der Waals surface area (Å²) in [5, 5.41) is 5.35. The van der Waals surface area contributed by atoms with Crippen LogP contribution in [-0.4, -0.2) is 4.57 Å². The predicted octanol–water partition coefficient (Wildman–Crippen LogP) is 7.46. The fraction of sp³-hybridized carbons (Fsp3) is 0.0400. The molecule has 0 amide bonds. The Balaban J connectivity index is 1.92. The van der Waals surface area contributed by atoms with Crippen LogP contribution in [0.2, 0.25) is 0 Å². The Hall–Kier alpha value is -3.10. The van der Waals surface area contributed by atoms with E-state index in [0.717, 1.165) is 0 Å². The van der Waals surface area contributed by atoms with Gasteiger partial charge in [-0.25, -0.2) is 0 Å². The predicted molar refractivity (Wildman–Crippen MR) is 118 cm³/mol. The molecule has 0 aliphatic carbocycles. The lowest BCUT2D eigenvalue weighted by Gasteiger charge is -2.08. The Bertz CT molecular complexity index is 1470. The highest BCUT2D eigenvalue weighted by Crippen LogP contribution is 2.43. The van der Waals surface area contributed by atoms with Crippen LogP contribution in [-0.2, 0) is 0 Å². The molecule has 0 aliphatic heterocycles. The molecule has 2 heterocycles. The minimum atomic E-state index is 1.21. The van der Waals surface area contributed by atoms with E-state index in [-0.39, 0.29) is 0 Å². The van der Waals surface area contributed by atoms with Crippen molar-refractivity contribution in [3.05, 3.63) is 90.5 Å². The molecule has 128 valence electrons. The van der Waals surface area contributed by atoms with Crippen molar-refractivity contribution in [1.29, 1.82) is 0 Å². The van der Waals surface area contributed by atoms with Crippen LogP contribution in [0.15, 0.2) is 84.9 Å². The normalized spacial score (nSPS) is 11.9. The molecule has 0 radical (unpaired) electrons. The minimum absolute atomic E-state index is 1.21. The zero-order valence-electron chi connectivity index (χ0n) is 14.9. The third-order valence-corrected chi connectivity index (χ3v) is 6.87. The first kappa shape index (κ1) is 15.0. The van der Waals surface area contributed by atoms with Crippen LogP contribution in [0.3, 0.4) is 0 Å². The van der Waals surface area contributed by atoms with E-state index in [2.05, 4.69) is 96.4 Å². The smallest absolute Gasteiger partial charge is 0.0719 e. The van der Waals surface area contributed by atoms with Gasteiger partial charge >= 0.3 is 0 Å². The first-order chi connectivity index (χ1) is 13.3. The first-order valence-electron chi connectivity index (χ1n) is 9.22. The van der Waals surface area contributed by atoms with Crippen molar-refractivity contribution >= 4 is 53.3 Å². The van der Waals surface area contributed by atoms with Crippen molar-refractivity contribution in [1.82, 2.24) is 4.57 Å². The lowest BCUT2D eigenvalue weighted by Crippen LogP contribution is -1.92. The maximum Gasteiger partial charge on any atom is 0.0719 e. The SMILES string of the molecule is Cc1cccc2c1sc1c2ccc2c3ccccc3n(-c3ccccc3)c21. The Morgan fingerprint density at radius 1 is 0.593 bits per heavy atom. The number of nitrogens with zero attached hydrogens (tertiary/aromatic N) is 1. The molecule has 4 aromatic carbocycles. The van der Waals surface area contributed by atoms with Gasteiger partial charge in [-0.3, -0.25) is 0 Å². The van der Waals surface area contributed by atoms with E-state index < -0.39 is 0 Å². The molecule has 2 aromatic heterocycles. The van der Waals surface area contributed by atoms with E-state index >= 15 is 0 Å². The highest BCUT2D eigenvalue weighted by atomic mass is 32.1. The van der Waals surface area contributed by atoms with E-state index in [0.29, 0.717) is 0 Å². The Morgan fingerprint density at radius 3 is 2.19 bits per heavy atom. The van der Waals surface area contributed by atoms with Gasteiger partial charge in [0.2, 0.25) is 0 Å². The van der Waals surface area contributed by atoms with E-state index in [9.17, 15) is 0 Å². The minimum Gasteiger partial charge on any atom is -0.308 e. The fourth-order valence-electron chi connectivity index (χ4n) is 4.29. The van der Waals surface area contributed by atoms with Crippen LogP contribution in [0, 0.1) is 6.92 Å². The number of hydrogen-bond donors (Lipinski definition) is 0. The maximum absolute atomic E-state index is 2.43. The molecule has 6 rings (SSSR count). The zero-order valence-corrected chi connectivity index (χ0v) is 15.8. The zero-order chi connectivity index (χ0) is 18.0. The second-order valence-corrected chi connectivity index (χ2v) is 8.10. The molecule has 0 spiro atoms. The average Bonchev–Trinajstić information content (AvgIpc) is 3.25. The van der Waals surface area contributed by atoms with Gasteiger partial charge in [0.1, 0.15) is 0 Å². The molecule has 6 aromatic rings. The standard InChI is InChI=1S/C25H17NS/c1-16-8-7-12-20-21-15-14-19-18-11-5-6-13-22(18)26(17-9-3-2-4-10-17)23(19)25(21)27-24(16)20/h2-15H,1H3. The Kier molecular flexibility index (Phi) is 3.03. The lowest BCUT2D eigenvalue weighted by molar-refractivity contribution is 1.19. The fourth-order valence-corrected chi connectivity index (χ4v) is 5.60. The lowest BCUT2D eigenvalue weighted by atomic mass is 10.1. The average molecular weight is 363 g/mol. The first-order valence-corrected chi connectivity index (χ1v) is 10.0. The monoisotopic (exact) mass is 363 g/mol. The van der Waals surface area contributed by atoms with E-state index in [4.69, 9.17) is 0 Å². The third kappa shape index (κ3) is 1.99.